The number of aryl methyl sites for hydroxylation is 2. The molecule has 24 heavy (non-hydrogen) atoms. The molecule has 6 heteroatoms. The van der Waals surface area contributed by atoms with Crippen molar-refractivity contribution < 1.29 is 14.3 Å². The molecule has 0 bridgehead atoms. The number of carbonyl (C=O) groups excluding carboxylic acids is 2. The zero-order valence-corrected chi connectivity index (χ0v) is 14.4. The van der Waals surface area contributed by atoms with E-state index in [1.54, 1.807) is 6.92 Å². The Bertz CT molecular complexity index is 560. The van der Waals surface area contributed by atoms with Gasteiger partial charge in [0.1, 0.15) is 5.82 Å². The van der Waals surface area contributed by atoms with Crippen LogP contribution >= 0.6 is 0 Å². The second-order valence-corrected chi connectivity index (χ2v) is 5.95. The second-order valence-electron chi connectivity index (χ2n) is 5.95. The molecule has 0 aromatic carbocycles. The normalized spacial score (nSPS) is 12.9. The van der Waals surface area contributed by atoms with Gasteiger partial charge in [-0.25, -0.2) is 4.98 Å². The fourth-order valence-electron chi connectivity index (χ4n) is 2.73. The monoisotopic (exact) mass is 333 g/mol. The van der Waals surface area contributed by atoms with Crippen molar-refractivity contribution >= 4 is 17.7 Å². The molecule has 0 aliphatic carbocycles. The van der Waals surface area contributed by atoms with Gasteiger partial charge in [-0.05, 0) is 50.7 Å². The molecule has 0 atom stereocenters. The molecule has 1 aliphatic heterocycles. The number of unbranched alkanes of at least 4 members (excludes halogenated alkanes) is 1. The maximum absolute atomic E-state index is 11.7. The first-order valence-electron chi connectivity index (χ1n) is 8.84. The Hall–Kier alpha value is -2.11. The standard InChI is InChI=1S/C18H27N3O3/c1-2-24-17(23)11-13-19-16(22)8-4-3-7-15-10-9-14-6-5-12-20-18(14)21-15/h9-10H,2-8,11-13H2,1H3,(H,19,22)(H,20,21). The number of nitrogens with one attached hydrogen (secondary N) is 2. The molecule has 1 amide bonds. The molecule has 6 nitrogen and oxygen atoms in total. The molecule has 0 radical (unpaired) electrons. The molecule has 0 spiro atoms. The molecule has 0 saturated heterocycles. The van der Waals surface area contributed by atoms with Gasteiger partial charge in [-0.1, -0.05) is 6.07 Å². The summed E-state index contributed by atoms with van der Waals surface area (Å²) < 4.78 is 4.81. The molecule has 2 N–H and O–H groups in total. The van der Waals surface area contributed by atoms with Crippen LogP contribution in [-0.2, 0) is 27.2 Å². The number of aromatic nitrogens is 1. The predicted molar refractivity (Wildman–Crippen MR) is 92.9 cm³/mol. The summed E-state index contributed by atoms with van der Waals surface area (Å²) in [6, 6.07) is 4.25. The fraction of sp³-hybridized carbons (Fsp3) is 0.611. The summed E-state index contributed by atoms with van der Waals surface area (Å²) in [4.78, 5) is 27.5. The van der Waals surface area contributed by atoms with E-state index in [1.165, 1.54) is 12.0 Å². The smallest absolute Gasteiger partial charge is 0.307 e. The number of esters is 1. The number of hydrogen-bond donors (Lipinski definition) is 2. The minimum Gasteiger partial charge on any atom is -0.466 e. The molecule has 1 aliphatic rings. The van der Waals surface area contributed by atoms with Crippen LogP contribution in [0.3, 0.4) is 0 Å². The predicted octanol–water partition coefficient (Wildman–Crippen LogP) is 2.22. The summed E-state index contributed by atoms with van der Waals surface area (Å²) in [5, 5.41) is 6.09. The fourth-order valence-corrected chi connectivity index (χ4v) is 2.73. The van der Waals surface area contributed by atoms with Crippen molar-refractivity contribution in [3.8, 4) is 0 Å². The summed E-state index contributed by atoms with van der Waals surface area (Å²) in [6.07, 6.45) is 5.60. The summed E-state index contributed by atoms with van der Waals surface area (Å²) in [5.41, 5.74) is 2.37. The summed E-state index contributed by atoms with van der Waals surface area (Å²) in [7, 11) is 0. The van der Waals surface area contributed by atoms with Crippen LogP contribution in [0.25, 0.3) is 0 Å². The molecule has 1 aromatic rings. The van der Waals surface area contributed by atoms with Gasteiger partial charge in [-0.2, -0.15) is 0 Å². The third kappa shape index (κ3) is 6.18. The Labute approximate surface area is 143 Å². The van der Waals surface area contributed by atoms with Crippen molar-refractivity contribution in [3.05, 3.63) is 23.4 Å². The molecular weight excluding hydrogens is 306 g/mol. The molecule has 0 unspecified atom stereocenters. The maximum Gasteiger partial charge on any atom is 0.307 e. The number of nitrogens with zero attached hydrogens (tertiary/aromatic N) is 1. The van der Waals surface area contributed by atoms with E-state index in [0.717, 1.165) is 43.7 Å². The van der Waals surface area contributed by atoms with Crippen molar-refractivity contribution in [1.29, 1.82) is 0 Å². The average molecular weight is 333 g/mol. The third-order valence-electron chi connectivity index (χ3n) is 4.00. The number of anilines is 1. The first-order valence-corrected chi connectivity index (χ1v) is 8.84. The van der Waals surface area contributed by atoms with Gasteiger partial charge < -0.3 is 15.4 Å². The van der Waals surface area contributed by atoms with Crippen molar-refractivity contribution in [2.75, 3.05) is 25.0 Å². The van der Waals surface area contributed by atoms with Crippen molar-refractivity contribution in [3.63, 3.8) is 0 Å². The van der Waals surface area contributed by atoms with Crippen LogP contribution in [-0.4, -0.2) is 36.6 Å². The van der Waals surface area contributed by atoms with E-state index in [4.69, 9.17) is 4.74 Å². The lowest BCUT2D eigenvalue weighted by molar-refractivity contribution is -0.143. The van der Waals surface area contributed by atoms with Gasteiger partial charge in [0.15, 0.2) is 0 Å². The van der Waals surface area contributed by atoms with Crippen LogP contribution in [0.15, 0.2) is 12.1 Å². The van der Waals surface area contributed by atoms with Gasteiger partial charge in [0.2, 0.25) is 5.91 Å². The van der Waals surface area contributed by atoms with E-state index >= 15 is 0 Å². The largest absolute Gasteiger partial charge is 0.466 e. The summed E-state index contributed by atoms with van der Waals surface area (Å²) in [6.45, 7) is 3.48. The lowest BCUT2D eigenvalue weighted by Gasteiger charge is -2.17. The Morgan fingerprint density at radius 1 is 1.29 bits per heavy atom. The van der Waals surface area contributed by atoms with Gasteiger partial charge in [0.25, 0.3) is 0 Å². The third-order valence-corrected chi connectivity index (χ3v) is 4.00. The van der Waals surface area contributed by atoms with E-state index in [9.17, 15) is 9.59 Å². The van der Waals surface area contributed by atoms with Gasteiger partial charge in [0.05, 0.1) is 13.0 Å². The number of fused-ring (bicyclic) bond motifs is 1. The second kappa shape index (κ2) is 9.90. The molecule has 132 valence electrons. The quantitative estimate of drug-likeness (QED) is 0.535. The van der Waals surface area contributed by atoms with Crippen LogP contribution in [0, 0.1) is 0 Å². The highest BCUT2D eigenvalue weighted by molar-refractivity contribution is 5.76. The zero-order chi connectivity index (χ0) is 17.2. The molecule has 0 saturated carbocycles. The van der Waals surface area contributed by atoms with Crippen LogP contribution in [0.5, 0.6) is 0 Å². The van der Waals surface area contributed by atoms with Gasteiger partial charge in [-0.15, -0.1) is 0 Å². The van der Waals surface area contributed by atoms with E-state index in [-0.39, 0.29) is 18.3 Å². The lowest BCUT2D eigenvalue weighted by atomic mass is 10.1. The molecule has 1 aromatic heterocycles. The maximum atomic E-state index is 11.7. The van der Waals surface area contributed by atoms with Crippen LogP contribution in [0.1, 0.15) is 50.3 Å². The average Bonchev–Trinajstić information content (AvgIpc) is 2.59. The van der Waals surface area contributed by atoms with Crippen LogP contribution < -0.4 is 10.6 Å². The number of rotatable bonds is 9. The highest BCUT2D eigenvalue weighted by Crippen LogP contribution is 2.20. The summed E-state index contributed by atoms with van der Waals surface area (Å²) in [5.74, 6) is 0.736. The number of carbonyl (C=O) groups is 2. The zero-order valence-electron chi connectivity index (χ0n) is 14.4. The molecule has 0 fully saturated rings. The number of pyridine rings is 1. The topological polar surface area (TPSA) is 80.3 Å². The van der Waals surface area contributed by atoms with E-state index in [1.807, 2.05) is 0 Å². The van der Waals surface area contributed by atoms with Crippen LogP contribution in [0.4, 0.5) is 5.82 Å². The Kier molecular flexibility index (Phi) is 7.52. The van der Waals surface area contributed by atoms with Crippen molar-refractivity contribution in [1.82, 2.24) is 10.3 Å². The van der Waals surface area contributed by atoms with E-state index in [0.29, 0.717) is 19.6 Å². The van der Waals surface area contributed by atoms with Crippen molar-refractivity contribution in [2.24, 2.45) is 0 Å². The summed E-state index contributed by atoms with van der Waals surface area (Å²) >= 11 is 0. The molecule has 2 rings (SSSR count). The first-order chi connectivity index (χ1) is 11.7. The minimum atomic E-state index is -0.273. The Morgan fingerprint density at radius 3 is 3.00 bits per heavy atom. The van der Waals surface area contributed by atoms with Crippen LogP contribution in [0.2, 0.25) is 0 Å². The van der Waals surface area contributed by atoms with Crippen molar-refractivity contribution in [2.45, 2.75) is 51.9 Å². The Balaban J connectivity index is 1.59. The molecular formula is C18H27N3O3. The van der Waals surface area contributed by atoms with Gasteiger partial charge in [-0.3, -0.25) is 9.59 Å². The SMILES string of the molecule is CCOC(=O)CCNC(=O)CCCCc1ccc2c(n1)NCCC2. The number of amides is 1. The first kappa shape index (κ1) is 18.2. The lowest BCUT2D eigenvalue weighted by Crippen LogP contribution is -2.26. The Morgan fingerprint density at radius 2 is 2.17 bits per heavy atom. The highest BCUT2D eigenvalue weighted by atomic mass is 16.5. The van der Waals surface area contributed by atoms with Gasteiger partial charge in [0, 0.05) is 25.2 Å². The van der Waals surface area contributed by atoms with E-state index in [2.05, 4.69) is 27.8 Å². The minimum absolute atomic E-state index is 0.0145. The van der Waals surface area contributed by atoms with Gasteiger partial charge >= 0.3 is 5.97 Å². The number of hydrogen-bond acceptors (Lipinski definition) is 5. The highest BCUT2D eigenvalue weighted by Gasteiger charge is 2.10. The molecule has 2 heterocycles. The van der Waals surface area contributed by atoms with E-state index < -0.39 is 0 Å². The number of ether oxygens (including phenoxy) is 1.